The summed E-state index contributed by atoms with van der Waals surface area (Å²) in [5.74, 6) is -1.68. The number of carboxylic acid groups (broad SMARTS) is 1. The lowest BCUT2D eigenvalue weighted by molar-refractivity contribution is -0.384. The number of aryl methyl sites for hydroxylation is 1. The van der Waals surface area contributed by atoms with E-state index in [0.717, 1.165) is 11.0 Å². The minimum Gasteiger partial charge on any atom is -0.480 e. The number of nitrogens with zero attached hydrogens (tertiary/aromatic N) is 3. The highest BCUT2D eigenvalue weighted by Crippen LogP contribution is 2.16. The lowest BCUT2D eigenvalue weighted by Crippen LogP contribution is -2.36. The molecule has 1 N–H and O–H groups in total. The van der Waals surface area contributed by atoms with Gasteiger partial charge in [-0.25, -0.2) is 0 Å². The molecule has 0 saturated heterocycles. The SMILES string of the molecule is CCN(CC(=O)O)C(=O)c1cc([N+](=O)[O-])cn1C. The number of hydrogen-bond acceptors (Lipinski definition) is 4. The van der Waals surface area contributed by atoms with E-state index in [1.165, 1.54) is 17.8 Å². The summed E-state index contributed by atoms with van der Waals surface area (Å²) >= 11 is 0. The first-order chi connectivity index (χ1) is 8.36. The Balaban J connectivity index is 3.01. The number of likely N-dealkylation sites (N-methyl/N-ethyl adjacent to an activating group) is 1. The number of nitro groups is 1. The minimum absolute atomic E-state index is 0.0878. The van der Waals surface area contributed by atoms with Crippen LogP contribution in [0.5, 0.6) is 0 Å². The molecule has 0 unspecified atom stereocenters. The zero-order valence-corrected chi connectivity index (χ0v) is 9.99. The normalized spacial score (nSPS) is 10.1. The molecule has 0 bridgehead atoms. The summed E-state index contributed by atoms with van der Waals surface area (Å²) in [6, 6.07) is 1.13. The molecule has 1 rings (SSSR count). The Morgan fingerprint density at radius 3 is 2.56 bits per heavy atom. The fourth-order valence-corrected chi connectivity index (χ4v) is 1.51. The number of aliphatic carboxylic acids is 1. The monoisotopic (exact) mass is 255 g/mol. The van der Waals surface area contributed by atoms with Crippen molar-refractivity contribution in [3.63, 3.8) is 0 Å². The molecule has 0 aromatic carbocycles. The van der Waals surface area contributed by atoms with Crippen molar-refractivity contribution < 1.29 is 19.6 Å². The van der Waals surface area contributed by atoms with Crippen LogP contribution in [-0.2, 0) is 11.8 Å². The van der Waals surface area contributed by atoms with Gasteiger partial charge in [-0.05, 0) is 6.92 Å². The number of carboxylic acids is 1. The van der Waals surface area contributed by atoms with E-state index in [1.54, 1.807) is 6.92 Å². The largest absolute Gasteiger partial charge is 0.480 e. The lowest BCUT2D eigenvalue weighted by Gasteiger charge is -2.18. The average Bonchev–Trinajstić information content (AvgIpc) is 2.67. The maximum Gasteiger partial charge on any atom is 0.323 e. The van der Waals surface area contributed by atoms with Crippen molar-refractivity contribution in [3.8, 4) is 0 Å². The van der Waals surface area contributed by atoms with E-state index in [-0.39, 0.29) is 17.9 Å². The zero-order valence-electron chi connectivity index (χ0n) is 9.99. The van der Waals surface area contributed by atoms with Crippen molar-refractivity contribution in [2.24, 2.45) is 7.05 Å². The molecular weight excluding hydrogens is 242 g/mol. The molecule has 0 aliphatic carbocycles. The predicted molar refractivity (Wildman–Crippen MR) is 61.3 cm³/mol. The molecule has 0 saturated carbocycles. The number of carbonyl (C=O) groups is 2. The highest BCUT2D eigenvalue weighted by molar-refractivity contribution is 5.95. The molecule has 18 heavy (non-hydrogen) atoms. The Kier molecular flexibility index (Phi) is 4.03. The molecule has 0 fully saturated rings. The number of rotatable bonds is 5. The van der Waals surface area contributed by atoms with Crippen LogP contribution in [0.3, 0.4) is 0 Å². The number of carbonyl (C=O) groups excluding carboxylic acids is 1. The molecular formula is C10H13N3O5. The van der Waals surface area contributed by atoms with Gasteiger partial charge in [0.05, 0.1) is 11.1 Å². The molecule has 0 aliphatic heterocycles. The van der Waals surface area contributed by atoms with Crippen molar-refractivity contribution in [2.75, 3.05) is 13.1 Å². The molecule has 0 aliphatic rings. The van der Waals surface area contributed by atoms with Crippen LogP contribution in [0.25, 0.3) is 0 Å². The van der Waals surface area contributed by atoms with Gasteiger partial charge in [0.15, 0.2) is 0 Å². The fourth-order valence-electron chi connectivity index (χ4n) is 1.51. The first-order valence-corrected chi connectivity index (χ1v) is 5.18. The summed E-state index contributed by atoms with van der Waals surface area (Å²) in [7, 11) is 1.49. The van der Waals surface area contributed by atoms with E-state index >= 15 is 0 Å². The predicted octanol–water partition coefficient (Wildman–Crippen LogP) is 0.480. The summed E-state index contributed by atoms with van der Waals surface area (Å²) in [5.41, 5.74) is -0.114. The second-order valence-electron chi connectivity index (χ2n) is 3.66. The summed E-state index contributed by atoms with van der Waals surface area (Å²) < 4.78 is 1.31. The van der Waals surface area contributed by atoms with Crippen LogP contribution in [0.1, 0.15) is 17.4 Å². The highest BCUT2D eigenvalue weighted by Gasteiger charge is 2.22. The van der Waals surface area contributed by atoms with Crippen molar-refractivity contribution in [1.29, 1.82) is 0 Å². The van der Waals surface area contributed by atoms with E-state index in [2.05, 4.69) is 0 Å². The van der Waals surface area contributed by atoms with Gasteiger partial charge in [-0.2, -0.15) is 0 Å². The van der Waals surface area contributed by atoms with Gasteiger partial charge in [-0.15, -0.1) is 0 Å². The van der Waals surface area contributed by atoms with Gasteiger partial charge in [0.25, 0.3) is 11.6 Å². The maximum atomic E-state index is 12.0. The Labute approximate surface area is 103 Å². The zero-order chi connectivity index (χ0) is 13.9. The van der Waals surface area contributed by atoms with Crippen molar-refractivity contribution in [3.05, 3.63) is 28.1 Å². The second kappa shape index (κ2) is 5.30. The third-order valence-electron chi connectivity index (χ3n) is 2.42. The quantitative estimate of drug-likeness (QED) is 0.608. The molecule has 1 heterocycles. The molecule has 8 heteroatoms. The van der Waals surface area contributed by atoms with E-state index in [0.29, 0.717) is 0 Å². The topological polar surface area (TPSA) is 106 Å². The molecule has 8 nitrogen and oxygen atoms in total. The Morgan fingerprint density at radius 1 is 1.56 bits per heavy atom. The summed E-state index contributed by atoms with van der Waals surface area (Å²) in [6.07, 6.45) is 1.21. The third kappa shape index (κ3) is 2.84. The molecule has 1 amide bonds. The average molecular weight is 255 g/mol. The standard InChI is InChI=1S/C10H13N3O5/c1-3-12(6-9(14)15)10(16)8-4-7(13(17)18)5-11(8)2/h4-5H,3,6H2,1-2H3,(H,14,15). The van der Waals surface area contributed by atoms with Gasteiger partial charge < -0.3 is 14.6 Å². The highest BCUT2D eigenvalue weighted by atomic mass is 16.6. The van der Waals surface area contributed by atoms with Crippen LogP contribution < -0.4 is 0 Å². The third-order valence-corrected chi connectivity index (χ3v) is 2.42. The van der Waals surface area contributed by atoms with Crippen LogP contribution in [0.15, 0.2) is 12.3 Å². The van der Waals surface area contributed by atoms with Gasteiger partial charge in [-0.3, -0.25) is 19.7 Å². The van der Waals surface area contributed by atoms with Gasteiger partial charge in [-0.1, -0.05) is 0 Å². The Bertz CT molecular complexity index is 494. The smallest absolute Gasteiger partial charge is 0.323 e. The summed E-state index contributed by atoms with van der Waals surface area (Å²) in [5, 5.41) is 19.2. The molecule has 0 radical (unpaired) electrons. The van der Waals surface area contributed by atoms with Crippen LogP contribution >= 0.6 is 0 Å². The maximum absolute atomic E-state index is 12.0. The first kappa shape index (κ1) is 13.7. The lowest BCUT2D eigenvalue weighted by atomic mass is 10.3. The molecule has 1 aromatic heterocycles. The first-order valence-electron chi connectivity index (χ1n) is 5.18. The second-order valence-corrected chi connectivity index (χ2v) is 3.66. The van der Waals surface area contributed by atoms with Gasteiger partial charge >= 0.3 is 5.97 Å². The number of hydrogen-bond donors (Lipinski definition) is 1. The van der Waals surface area contributed by atoms with E-state index in [4.69, 9.17) is 5.11 Å². The fraction of sp³-hybridized carbons (Fsp3) is 0.400. The molecule has 98 valence electrons. The van der Waals surface area contributed by atoms with Crippen LogP contribution in [-0.4, -0.2) is 44.5 Å². The van der Waals surface area contributed by atoms with Crippen molar-refractivity contribution in [2.45, 2.75) is 6.92 Å². The van der Waals surface area contributed by atoms with Gasteiger partial charge in [0, 0.05) is 19.7 Å². The van der Waals surface area contributed by atoms with Crippen LogP contribution in [0, 0.1) is 10.1 Å². The van der Waals surface area contributed by atoms with E-state index < -0.39 is 23.3 Å². The Hall–Kier alpha value is -2.38. The summed E-state index contributed by atoms with van der Waals surface area (Å²) in [6.45, 7) is 1.41. The van der Waals surface area contributed by atoms with Crippen molar-refractivity contribution in [1.82, 2.24) is 9.47 Å². The molecule has 0 spiro atoms. The Morgan fingerprint density at radius 2 is 2.17 bits per heavy atom. The molecule has 0 atom stereocenters. The van der Waals surface area contributed by atoms with E-state index in [1.807, 2.05) is 0 Å². The van der Waals surface area contributed by atoms with Gasteiger partial charge in [0.2, 0.25) is 0 Å². The van der Waals surface area contributed by atoms with E-state index in [9.17, 15) is 19.7 Å². The number of amides is 1. The van der Waals surface area contributed by atoms with Crippen LogP contribution in [0.2, 0.25) is 0 Å². The number of aromatic nitrogens is 1. The summed E-state index contributed by atoms with van der Waals surface area (Å²) in [4.78, 5) is 33.7. The molecule has 1 aromatic rings. The van der Waals surface area contributed by atoms with Crippen LogP contribution in [0.4, 0.5) is 5.69 Å². The minimum atomic E-state index is -1.13. The van der Waals surface area contributed by atoms with Crippen molar-refractivity contribution >= 4 is 17.6 Å². The van der Waals surface area contributed by atoms with Gasteiger partial charge in [0.1, 0.15) is 12.2 Å².